The highest BCUT2D eigenvalue weighted by Crippen LogP contribution is 2.31. The van der Waals surface area contributed by atoms with Crippen molar-refractivity contribution in [2.24, 2.45) is 13.0 Å². The van der Waals surface area contributed by atoms with E-state index in [-0.39, 0.29) is 31.8 Å². The van der Waals surface area contributed by atoms with E-state index in [1.807, 2.05) is 23.9 Å². The second-order valence-electron chi connectivity index (χ2n) is 7.73. The molecule has 0 atom stereocenters. The lowest BCUT2D eigenvalue weighted by Gasteiger charge is -2.35. The van der Waals surface area contributed by atoms with E-state index in [1.165, 1.54) is 0 Å². The lowest BCUT2D eigenvalue weighted by molar-refractivity contribution is -0.138. The minimum absolute atomic E-state index is 0.0245. The first-order valence-electron chi connectivity index (χ1n) is 9.59. The van der Waals surface area contributed by atoms with Gasteiger partial charge in [0.05, 0.1) is 5.39 Å². The van der Waals surface area contributed by atoms with Gasteiger partial charge in [0.25, 0.3) is 5.92 Å². The van der Waals surface area contributed by atoms with E-state index in [4.69, 9.17) is 0 Å². The molecule has 4 heterocycles. The van der Waals surface area contributed by atoms with Crippen LogP contribution in [0.15, 0.2) is 18.6 Å². The summed E-state index contributed by atoms with van der Waals surface area (Å²) in [7, 11) is 1.97. The molecule has 146 valence electrons. The lowest BCUT2D eigenvalue weighted by Crippen LogP contribution is -2.44. The van der Waals surface area contributed by atoms with Gasteiger partial charge in [0.2, 0.25) is 5.91 Å². The van der Waals surface area contributed by atoms with E-state index in [9.17, 15) is 13.6 Å². The van der Waals surface area contributed by atoms with E-state index < -0.39 is 5.92 Å². The van der Waals surface area contributed by atoms with Crippen molar-refractivity contribution in [3.05, 3.63) is 18.6 Å². The van der Waals surface area contributed by atoms with Gasteiger partial charge in [-0.3, -0.25) is 4.79 Å². The summed E-state index contributed by atoms with van der Waals surface area (Å²) in [5.41, 5.74) is 0.916. The number of nitrogens with zero attached hydrogens (tertiary/aromatic N) is 5. The molecule has 0 unspecified atom stereocenters. The number of rotatable bonds is 3. The zero-order valence-electron chi connectivity index (χ0n) is 15.6. The Morgan fingerprint density at radius 3 is 2.59 bits per heavy atom. The normalized spacial score (nSPS) is 21.0. The zero-order chi connectivity index (χ0) is 19.0. The fraction of sp³-hybridized carbons (Fsp3) is 0.632. The first-order valence-corrected chi connectivity index (χ1v) is 9.59. The molecule has 2 aliphatic heterocycles. The molecule has 2 aromatic heterocycles. The quantitative estimate of drug-likeness (QED) is 0.825. The van der Waals surface area contributed by atoms with Crippen molar-refractivity contribution in [1.82, 2.24) is 19.4 Å². The topological polar surface area (TPSA) is 54.3 Å². The van der Waals surface area contributed by atoms with Crippen LogP contribution >= 0.6 is 0 Å². The van der Waals surface area contributed by atoms with Gasteiger partial charge in [0, 0.05) is 58.7 Å². The number of halogens is 2. The maximum Gasteiger partial charge on any atom is 0.251 e. The van der Waals surface area contributed by atoms with Crippen LogP contribution in [0.1, 0.15) is 32.1 Å². The highest BCUT2D eigenvalue weighted by molar-refractivity contribution is 5.87. The number of amides is 1. The van der Waals surface area contributed by atoms with Crippen LogP contribution in [0.4, 0.5) is 14.6 Å². The van der Waals surface area contributed by atoms with Crippen molar-refractivity contribution in [2.75, 3.05) is 31.1 Å². The number of carbonyl (C=O) groups excluding carboxylic acids is 1. The molecule has 0 spiro atoms. The number of carbonyl (C=O) groups is 1. The van der Waals surface area contributed by atoms with Crippen LogP contribution in [-0.4, -0.2) is 57.4 Å². The van der Waals surface area contributed by atoms with E-state index in [2.05, 4.69) is 14.9 Å². The van der Waals surface area contributed by atoms with Crippen LogP contribution < -0.4 is 4.90 Å². The molecule has 0 N–H and O–H groups in total. The number of fused-ring (bicyclic) bond motifs is 1. The van der Waals surface area contributed by atoms with E-state index in [1.54, 1.807) is 11.2 Å². The Hall–Kier alpha value is -2.25. The maximum absolute atomic E-state index is 13.3. The van der Waals surface area contributed by atoms with Gasteiger partial charge in [0.1, 0.15) is 17.8 Å². The number of hydrogen-bond acceptors (Lipinski definition) is 4. The molecule has 1 amide bonds. The minimum Gasteiger partial charge on any atom is -0.356 e. The van der Waals surface area contributed by atoms with Gasteiger partial charge in [-0.05, 0) is 24.8 Å². The number of likely N-dealkylation sites (tertiary alicyclic amines) is 1. The third-order valence-corrected chi connectivity index (χ3v) is 5.87. The van der Waals surface area contributed by atoms with Crippen LogP contribution in [0, 0.1) is 5.92 Å². The van der Waals surface area contributed by atoms with Crippen LogP contribution in [0.25, 0.3) is 11.0 Å². The standard InChI is InChI=1S/C19H25F2N5O/c1-24-7-4-15-17(24)22-13-23-18(15)26-8-2-14(3-9-26)12-16(27)25-10-5-19(20,21)6-11-25/h4,7,13-14H,2-3,5-6,8-12H2,1H3. The molecule has 0 radical (unpaired) electrons. The molecule has 2 aromatic rings. The highest BCUT2D eigenvalue weighted by atomic mass is 19.3. The molecular weight excluding hydrogens is 352 g/mol. The molecule has 2 saturated heterocycles. The van der Waals surface area contributed by atoms with Crippen LogP contribution in [0.5, 0.6) is 0 Å². The average molecular weight is 377 g/mol. The van der Waals surface area contributed by atoms with Crippen LogP contribution in [-0.2, 0) is 11.8 Å². The Balaban J connectivity index is 1.33. The Labute approximate surface area is 157 Å². The first kappa shape index (κ1) is 18.1. The Morgan fingerprint density at radius 2 is 1.89 bits per heavy atom. The number of aryl methyl sites for hydroxylation is 1. The second-order valence-corrected chi connectivity index (χ2v) is 7.73. The number of aromatic nitrogens is 3. The summed E-state index contributed by atoms with van der Waals surface area (Å²) >= 11 is 0. The molecule has 0 aromatic carbocycles. The maximum atomic E-state index is 13.3. The smallest absolute Gasteiger partial charge is 0.251 e. The Morgan fingerprint density at radius 1 is 1.19 bits per heavy atom. The summed E-state index contributed by atoms with van der Waals surface area (Å²) in [6.45, 7) is 2.04. The van der Waals surface area contributed by atoms with Crippen molar-refractivity contribution >= 4 is 22.8 Å². The molecule has 8 heteroatoms. The van der Waals surface area contributed by atoms with Crippen molar-refractivity contribution < 1.29 is 13.6 Å². The van der Waals surface area contributed by atoms with Gasteiger partial charge in [-0.15, -0.1) is 0 Å². The van der Waals surface area contributed by atoms with Gasteiger partial charge in [-0.25, -0.2) is 18.7 Å². The first-order chi connectivity index (χ1) is 12.9. The summed E-state index contributed by atoms with van der Waals surface area (Å²) in [6.07, 6.45) is 5.44. The summed E-state index contributed by atoms with van der Waals surface area (Å²) in [4.78, 5) is 25.1. The summed E-state index contributed by atoms with van der Waals surface area (Å²) in [6, 6.07) is 2.03. The zero-order valence-corrected chi connectivity index (χ0v) is 15.6. The molecule has 27 heavy (non-hydrogen) atoms. The lowest BCUT2D eigenvalue weighted by atomic mass is 9.92. The van der Waals surface area contributed by atoms with Crippen LogP contribution in [0.3, 0.4) is 0 Å². The van der Waals surface area contributed by atoms with Gasteiger partial charge >= 0.3 is 0 Å². The summed E-state index contributed by atoms with van der Waals surface area (Å²) in [5, 5.41) is 1.05. The van der Waals surface area contributed by atoms with Gasteiger partial charge in [0.15, 0.2) is 0 Å². The third-order valence-electron chi connectivity index (χ3n) is 5.87. The molecule has 4 rings (SSSR count). The van der Waals surface area contributed by atoms with Crippen molar-refractivity contribution in [3.8, 4) is 0 Å². The number of anilines is 1. The predicted octanol–water partition coefficient (Wildman–Crippen LogP) is 2.83. The van der Waals surface area contributed by atoms with E-state index in [0.717, 1.165) is 42.8 Å². The fourth-order valence-electron chi connectivity index (χ4n) is 4.12. The van der Waals surface area contributed by atoms with Crippen molar-refractivity contribution in [1.29, 1.82) is 0 Å². The van der Waals surface area contributed by atoms with Crippen molar-refractivity contribution in [3.63, 3.8) is 0 Å². The van der Waals surface area contributed by atoms with Gasteiger partial charge in [-0.2, -0.15) is 0 Å². The summed E-state index contributed by atoms with van der Waals surface area (Å²) in [5.74, 6) is -1.33. The molecule has 0 bridgehead atoms. The van der Waals surface area contributed by atoms with Crippen molar-refractivity contribution in [2.45, 2.75) is 38.0 Å². The van der Waals surface area contributed by atoms with E-state index in [0.29, 0.717) is 12.3 Å². The number of hydrogen-bond donors (Lipinski definition) is 0. The monoisotopic (exact) mass is 377 g/mol. The Bertz CT molecular complexity index is 819. The van der Waals surface area contributed by atoms with Gasteiger partial charge < -0.3 is 14.4 Å². The second kappa shape index (κ2) is 7.05. The number of piperidine rings is 2. The Kier molecular flexibility index (Phi) is 4.74. The summed E-state index contributed by atoms with van der Waals surface area (Å²) < 4.78 is 28.5. The molecule has 0 aliphatic carbocycles. The molecule has 0 saturated carbocycles. The SMILES string of the molecule is Cn1ccc2c(N3CCC(CC(=O)N4CCC(F)(F)CC4)CC3)ncnc21. The average Bonchev–Trinajstić information content (AvgIpc) is 3.04. The largest absolute Gasteiger partial charge is 0.356 e. The molecule has 2 fully saturated rings. The predicted molar refractivity (Wildman–Crippen MR) is 98.8 cm³/mol. The number of alkyl halides is 2. The fourth-order valence-corrected chi connectivity index (χ4v) is 4.12. The molecule has 6 nitrogen and oxygen atoms in total. The molecular formula is C19H25F2N5O. The van der Waals surface area contributed by atoms with E-state index >= 15 is 0 Å². The molecule has 2 aliphatic rings. The highest BCUT2D eigenvalue weighted by Gasteiger charge is 2.36. The third kappa shape index (κ3) is 3.75. The van der Waals surface area contributed by atoms with Gasteiger partial charge in [-0.1, -0.05) is 0 Å². The van der Waals surface area contributed by atoms with Crippen LogP contribution in [0.2, 0.25) is 0 Å². The minimum atomic E-state index is -2.61.